The Hall–Kier alpha value is -1.57. The van der Waals surface area contributed by atoms with E-state index in [-0.39, 0.29) is 0 Å². The van der Waals surface area contributed by atoms with E-state index in [2.05, 4.69) is 5.16 Å². The molecule has 0 fully saturated rings. The van der Waals surface area contributed by atoms with Crippen LogP contribution in [0.5, 0.6) is 0 Å². The summed E-state index contributed by atoms with van der Waals surface area (Å²) in [5.74, 6) is 0. The normalized spacial score (nSPS) is 12.2. The molecule has 1 rings (SSSR count). The minimum Gasteiger partial charge on any atom is -0.411 e. The number of oxime groups is 1. The van der Waals surface area contributed by atoms with Gasteiger partial charge in [0.15, 0.2) is 0 Å². The molecule has 68 valence electrons. The highest BCUT2D eigenvalue weighted by molar-refractivity contribution is 5.95. The summed E-state index contributed by atoms with van der Waals surface area (Å²) in [5, 5.41) is 11.9. The summed E-state index contributed by atoms with van der Waals surface area (Å²) in [6.07, 6.45) is 4.33. The summed E-state index contributed by atoms with van der Waals surface area (Å²) in [7, 11) is 0. The van der Waals surface area contributed by atoms with Crippen molar-refractivity contribution in [2.24, 2.45) is 5.16 Å². The molecule has 0 amide bonds. The summed E-state index contributed by atoms with van der Waals surface area (Å²) < 4.78 is 0. The van der Waals surface area contributed by atoms with Gasteiger partial charge in [0.25, 0.3) is 0 Å². The maximum atomic E-state index is 8.66. The van der Waals surface area contributed by atoms with E-state index in [9.17, 15) is 0 Å². The number of allylic oxidation sites excluding steroid dienone is 2. The molecule has 0 aliphatic carbocycles. The van der Waals surface area contributed by atoms with Crippen LogP contribution in [-0.4, -0.2) is 10.9 Å². The average Bonchev–Trinajstić information content (AvgIpc) is 2.19. The first-order valence-corrected chi connectivity index (χ1v) is 4.24. The summed E-state index contributed by atoms with van der Waals surface area (Å²) in [6, 6.07) is 9.93. The number of hydrogen-bond donors (Lipinski definition) is 1. The summed E-state index contributed by atoms with van der Waals surface area (Å²) in [4.78, 5) is 0. The van der Waals surface area contributed by atoms with Gasteiger partial charge < -0.3 is 5.21 Å². The van der Waals surface area contributed by atoms with Gasteiger partial charge >= 0.3 is 0 Å². The van der Waals surface area contributed by atoms with Gasteiger partial charge in [0.05, 0.1) is 5.71 Å². The van der Waals surface area contributed by atoms with E-state index in [1.807, 2.05) is 43.3 Å². The van der Waals surface area contributed by atoms with Gasteiger partial charge in [-0.2, -0.15) is 0 Å². The number of nitrogens with zero attached hydrogens (tertiary/aromatic N) is 1. The predicted octanol–water partition coefficient (Wildman–Crippen LogP) is 2.64. The molecule has 0 bridgehead atoms. The zero-order valence-corrected chi connectivity index (χ0v) is 7.64. The highest BCUT2D eigenvalue weighted by Crippen LogP contribution is 2.01. The van der Waals surface area contributed by atoms with Gasteiger partial charge in [-0.3, -0.25) is 0 Å². The smallest absolute Gasteiger partial charge is 0.0836 e. The van der Waals surface area contributed by atoms with Crippen molar-refractivity contribution in [3.63, 3.8) is 0 Å². The van der Waals surface area contributed by atoms with Crippen molar-refractivity contribution >= 4 is 5.71 Å². The average molecular weight is 175 g/mol. The van der Waals surface area contributed by atoms with Gasteiger partial charge in [-0.15, -0.1) is 0 Å². The van der Waals surface area contributed by atoms with Crippen LogP contribution in [-0.2, 0) is 6.42 Å². The highest BCUT2D eigenvalue weighted by Gasteiger charge is 1.96. The molecule has 1 N–H and O–H groups in total. The Labute approximate surface area is 78.2 Å². The third kappa shape index (κ3) is 3.11. The first-order valence-electron chi connectivity index (χ1n) is 4.24. The van der Waals surface area contributed by atoms with E-state index in [1.165, 1.54) is 0 Å². The van der Waals surface area contributed by atoms with Crippen molar-refractivity contribution in [1.29, 1.82) is 0 Å². The van der Waals surface area contributed by atoms with E-state index >= 15 is 0 Å². The van der Waals surface area contributed by atoms with E-state index in [1.54, 1.807) is 6.08 Å². The van der Waals surface area contributed by atoms with Gasteiger partial charge in [0.1, 0.15) is 0 Å². The standard InChI is InChI=1S/C11H13NO/c1-2-6-11(12-13)9-10-7-4-3-5-8-10/h2-8,13H,9H2,1H3/b6-2+,12-11+. The fourth-order valence-electron chi connectivity index (χ4n) is 1.13. The minimum atomic E-state index is 0.668. The van der Waals surface area contributed by atoms with Crippen LogP contribution >= 0.6 is 0 Å². The Morgan fingerprint density at radius 3 is 2.62 bits per heavy atom. The lowest BCUT2D eigenvalue weighted by atomic mass is 10.1. The first-order chi connectivity index (χ1) is 6.36. The van der Waals surface area contributed by atoms with E-state index < -0.39 is 0 Å². The van der Waals surface area contributed by atoms with Gasteiger partial charge in [0.2, 0.25) is 0 Å². The number of benzene rings is 1. The summed E-state index contributed by atoms with van der Waals surface area (Å²) in [5.41, 5.74) is 1.82. The third-order valence-electron chi connectivity index (χ3n) is 1.72. The quantitative estimate of drug-likeness (QED) is 0.427. The molecule has 0 aromatic heterocycles. The molecular weight excluding hydrogens is 162 g/mol. The maximum Gasteiger partial charge on any atom is 0.0836 e. The molecule has 1 aromatic rings. The van der Waals surface area contributed by atoms with Gasteiger partial charge in [0, 0.05) is 6.42 Å². The lowest BCUT2D eigenvalue weighted by molar-refractivity contribution is 0.318. The van der Waals surface area contributed by atoms with Crippen molar-refractivity contribution in [3.05, 3.63) is 48.0 Å². The molecule has 2 nitrogen and oxygen atoms in total. The van der Waals surface area contributed by atoms with E-state index in [0.29, 0.717) is 12.1 Å². The maximum absolute atomic E-state index is 8.66. The zero-order chi connectivity index (χ0) is 9.52. The molecule has 0 spiro atoms. The van der Waals surface area contributed by atoms with Gasteiger partial charge in [-0.25, -0.2) is 0 Å². The second-order valence-electron chi connectivity index (χ2n) is 2.75. The lowest BCUT2D eigenvalue weighted by Gasteiger charge is -1.98. The molecule has 0 radical (unpaired) electrons. The van der Waals surface area contributed by atoms with Crippen LogP contribution in [0, 0.1) is 0 Å². The second kappa shape index (κ2) is 5.14. The molecule has 0 atom stereocenters. The molecule has 0 aliphatic rings. The molecule has 0 heterocycles. The molecule has 0 saturated carbocycles. The fourth-order valence-corrected chi connectivity index (χ4v) is 1.13. The van der Waals surface area contributed by atoms with Crippen molar-refractivity contribution in [2.45, 2.75) is 13.3 Å². The highest BCUT2D eigenvalue weighted by atomic mass is 16.4. The molecule has 13 heavy (non-hydrogen) atoms. The van der Waals surface area contributed by atoms with Gasteiger partial charge in [-0.05, 0) is 18.6 Å². The molecule has 0 aliphatic heterocycles. The van der Waals surface area contributed by atoms with Crippen LogP contribution in [0.25, 0.3) is 0 Å². The number of hydrogen-bond acceptors (Lipinski definition) is 2. The Kier molecular flexibility index (Phi) is 3.76. The molecule has 2 heteroatoms. The predicted molar refractivity (Wildman–Crippen MR) is 54.2 cm³/mol. The van der Waals surface area contributed by atoms with Crippen LogP contribution in [0.2, 0.25) is 0 Å². The SMILES string of the molecule is C/C=C/C(Cc1ccccc1)=N\O. The van der Waals surface area contributed by atoms with E-state index in [0.717, 1.165) is 5.56 Å². The van der Waals surface area contributed by atoms with Crippen LogP contribution in [0.15, 0.2) is 47.6 Å². The fraction of sp³-hybridized carbons (Fsp3) is 0.182. The summed E-state index contributed by atoms with van der Waals surface area (Å²) >= 11 is 0. The first kappa shape index (κ1) is 9.52. The van der Waals surface area contributed by atoms with E-state index in [4.69, 9.17) is 5.21 Å². The lowest BCUT2D eigenvalue weighted by Crippen LogP contribution is -1.98. The van der Waals surface area contributed by atoms with Crippen molar-refractivity contribution in [1.82, 2.24) is 0 Å². The van der Waals surface area contributed by atoms with Crippen molar-refractivity contribution < 1.29 is 5.21 Å². The van der Waals surface area contributed by atoms with Crippen LogP contribution < -0.4 is 0 Å². The monoisotopic (exact) mass is 175 g/mol. The van der Waals surface area contributed by atoms with Crippen LogP contribution in [0.4, 0.5) is 0 Å². The van der Waals surface area contributed by atoms with Crippen LogP contribution in [0.3, 0.4) is 0 Å². The summed E-state index contributed by atoms with van der Waals surface area (Å²) in [6.45, 7) is 1.90. The molecule has 0 unspecified atom stereocenters. The molecule has 1 aromatic carbocycles. The molecule has 0 saturated heterocycles. The largest absolute Gasteiger partial charge is 0.411 e. The van der Waals surface area contributed by atoms with Gasteiger partial charge in [-0.1, -0.05) is 41.6 Å². The Bertz CT molecular complexity index is 301. The van der Waals surface area contributed by atoms with Crippen molar-refractivity contribution in [2.75, 3.05) is 0 Å². The Balaban J connectivity index is 2.68. The Morgan fingerprint density at radius 1 is 1.38 bits per heavy atom. The zero-order valence-electron chi connectivity index (χ0n) is 7.64. The minimum absolute atomic E-state index is 0.668. The third-order valence-corrected chi connectivity index (χ3v) is 1.72. The Morgan fingerprint density at radius 2 is 2.08 bits per heavy atom. The number of rotatable bonds is 3. The van der Waals surface area contributed by atoms with Crippen molar-refractivity contribution in [3.8, 4) is 0 Å². The second-order valence-corrected chi connectivity index (χ2v) is 2.75. The van der Waals surface area contributed by atoms with Crippen LogP contribution in [0.1, 0.15) is 12.5 Å². The molecular formula is C11H13NO. The topological polar surface area (TPSA) is 32.6 Å².